The first kappa shape index (κ1) is 15.3. The molecule has 0 amide bonds. The van der Waals surface area contributed by atoms with Gasteiger partial charge in [0.2, 0.25) is 0 Å². The lowest BCUT2D eigenvalue weighted by Gasteiger charge is -2.03. The highest BCUT2D eigenvalue weighted by Gasteiger charge is 2.12. The zero-order valence-corrected chi connectivity index (χ0v) is 9.46. The topological polar surface area (TPSA) is 118 Å². The van der Waals surface area contributed by atoms with Gasteiger partial charge in [0.05, 0.1) is 0 Å². The van der Waals surface area contributed by atoms with Gasteiger partial charge >= 0.3 is 11.9 Å². The molecule has 0 radical (unpaired) electrons. The van der Waals surface area contributed by atoms with Gasteiger partial charge in [-0.05, 0) is 12.8 Å². The standard InChI is InChI=1S/C11H17NO5/c12-9(11(16)17)7-6-8(13)4-2-1-3-5-10(14)15/h1-2,9H,3-7,12H2,(H,14,15)(H,16,17)/t9-/m0/s1. The van der Waals surface area contributed by atoms with Gasteiger partial charge in [0.25, 0.3) is 0 Å². The number of carbonyl (C=O) groups is 3. The zero-order valence-electron chi connectivity index (χ0n) is 9.46. The second-order valence-corrected chi connectivity index (χ2v) is 3.63. The minimum absolute atomic E-state index is 0.0363. The Kier molecular flexibility index (Phi) is 7.62. The van der Waals surface area contributed by atoms with Gasteiger partial charge in [-0.2, -0.15) is 0 Å². The second kappa shape index (κ2) is 8.46. The normalized spacial score (nSPS) is 12.5. The average molecular weight is 243 g/mol. The molecule has 0 aromatic rings. The van der Waals surface area contributed by atoms with Crippen molar-refractivity contribution in [2.75, 3.05) is 0 Å². The maximum Gasteiger partial charge on any atom is 0.320 e. The van der Waals surface area contributed by atoms with Crippen LogP contribution in [0.4, 0.5) is 0 Å². The van der Waals surface area contributed by atoms with E-state index in [1.165, 1.54) is 0 Å². The number of ketones is 1. The predicted molar refractivity (Wildman–Crippen MR) is 60.5 cm³/mol. The maximum absolute atomic E-state index is 11.3. The Bertz CT molecular complexity index is 311. The number of carboxylic acids is 2. The van der Waals surface area contributed by atoms with Gasteiger partial charge in [-0.25, -0.2) is 0 Å². The van der Waals surface area contributed by atoms with Crippen LogP contribution >= 0.6 is 0 Å². The monoisotopic (exact) mass is 243 g/mol. The molecule has 0 aromatic carbocycles. The molecule has 96 valence electrons. The highest BCUT2D eigenvalue weighted by atomic mass is 16.4. The SMILES string of the molecule is N[C@@H](CCC(=O)CC=CCCC(=O)O)C(=O)O. The van der Waals surface area contributed by atoms with Gasteiger partial charge in [-0.1, -0.05) is 12.2 Å². The van der Waals surface area contributed by atoms with Crippen LogP contribution in [0.25, 0.3) is 0 Å². The Balaban J connectivity index is 3.66. The van der Waals surface area contributed by atoms with E-state index in [4.69, 9.17) is 15.9 Å². The molecule has 0 heterocycles. The van der Waals surface area contributed by atoms with Crippen LogP contribution in [-0.2, 0) is 14.4 Å². The summed E-state index contributed by atoms with van der Waals surface area (Å²) in [7, 11) is 0. The fraction of sp³-hybridized carbons (Fsp3) is 0.545. The molecule has 0 aliphatic heterocycles. The molecule has 4 N–H and O–H groups in total. The lowest BCUT2D eigenvalue weighted by atomic mass is 10.1. The molecule has 0 rings (SSSR count). The Labute approximate surface area is 99.1 Å². The molecule has 0 unspecified atom stereocenters. The van der Waals surface area contributed by atoms with E-state index in [2.05, 4.69) is 0 Å². The first-order valence-electron chi connectivity index (χ1n) is 5.30. The van der Waals surface area contributed by atoms with Crippen LogP contribution in [-0.4, -0.2) is 34.0 Å². The van der Waals surface area contributed by atoms with E-state index in [1.807, 2.05) is 0 Å². The van der Waals surface area contributed by atoms with Gasteiger partial charge in [0.15, 0.2) is 0 Å². The lowest BCUT2D eigenvalue weighted by molar-refractivity contribution is -0.139. The van der Waals surface area contributed by atoms with Crippen molar-refractivity contribution < 1.29 is 24.6 Å². The van der Waals surface area contributed by atoms with Crippen molar-refractivity contribution in [1.82, 2.24) is 0 Å². The maximum atomic E-state index is 11.3. The van der Waals surface area contributed by atoms with Crippen LogP contribution in [0.15, 0.2) is 12.2 Å². The number of carbonyl (C=O) groups excluding carboxylic acids is 1. The number of rotatable bonds is 9. The third-order valence-corrected chi connectivity index (χ3v) is 2.09. The Morgan fingerprint density at radius 3 is 2.29 bits per heavy atom. The first-order valence-corrected chi connectivity index (χ1v) is 5.30. The van der Waals surface area contributed by atoms with Crippen LogP contribution < -0.4 is 5.73 Å². The van der Waals surface area contributed by atoms with Gasteiger partial charge in [0.1, 0.15) is 11.8 Å². The molecule has 0 fully saturated rings. The van der Waals surface area contributed by atoms with Gasteiger partial charge in [0, 0.05) is 19.3 Å². The number of hydrogen-bond acceptors (Lipinski definition) is 4. The largest absolute Gasteiger partial charge is 0.481 e. The molecule has 0 aromatic heterocycles. The van der Waals surface area contributed by atoms with Crippen molar-refractivity contribution in [1.29, 1.82) is 0 Å². The van der Waals surface area contributed by atoms with E-state index in [1.54, 1.807) is 12.2 Å². The molecule has 0 spiro atoms. The van der Waals surface area contributed by atoms with Crippen molar-refractivity contribution in [3.63, 3.8) is 0 Å². The number of aliphatic carboxylic acids is 2. The third kappa shape index (κ3) is 9.25. The Morgan fingerprint density at radius 1 is 1.12 bits per heavy atom. The van der Waals surface area contributed by atoms with Crippen molar-refractivity contribution >= 4 is 17.7 Å². The van der Waals surface area contributed by atoms with Crippen molar-refractivity contribution in [2.24, 2.45) is 5.73 Å². The van der Waals surface area contributed by atoms with Gasteiger partial charge in [-0.3, -0.25) is 14.4 Å². The fourth-order valence-electron chi connectivity index (χ4n) is 1.08. The molecular formula is C11H17NO5. The number of nitrogens with two attached hydrogens (primary N) is 1. The molecule has 17 heavy (non-hydrogen) atoms. The van der Waals surface area contributed by atoms with Crippen LogP contribution in [0.3, 0.4) is 0 Å². The molecule has 6 heteroatoms. The number of allylic oxidation sites excluding steroid dienone is 2. The number of Topliss-reactive ketones (excluding diaryl/α,β-unsaturated/α-hetero) is 1. The molecule has 1 atom stereocenters. The van der Waals surface area contributed by atoms with Crippen LogP contribution in [0.1, 0.15) is 32.1 Å². The van der Waals surface area contributed by atoms with Crippen molar-refractivity contribution in [3.05, 3.63) is 12.2 Å². The third-order valence-electron chi connectivity index (χ3n) is 2.09. The van der Waals surface area contributed by atoms with E-state index in [9.17, 15) is 14.4 Å². The van der Waals surface area contributed by atoms with Gasteiger partial charge in [-0.15, -0.1) is 0 Å². The molecular weight excluding hydrogens is 226 g/mol. The first-order chi connectivity index (χ1) is 7.93. The minimum Gasteiger partial charge on any atom is -0.481 e. The summed E-state index contributed by atoms with van der Waals surface area (Å²) in [6.07, 6.45) is 4.08. The van der Waals surface area contributed by atoms with E-state index < -0.39 is 18.0 Å². The molecule has 0 aliphatic carbocycles. The summed E-state index contributed by atoms with van der Waals surface area (Å²) < 4.78 is 0. The van der Waals surface area contributed by atoms with Crippen LogP contribution in [0, 0.1) is 0 Å². The summed E-state index contributed by atoms with van der Waals surface area (Å²) >= 11 is 0. The fourth-order valence-corrected chi connectivity index (χ4v) is 1.08. The van der Waals surface area contributed by atoms with Crippen molar-refractivity contribution in [2.45, 2.75) is 38.1 Å². The Hall–Kier alpha value is -1.69. The summed E-state index contributed by atoms with van der Waals surface area (Å²) in [6.45, 7) is 0. The van der Waals surface area contributed by atoms with Gasteiger partial charge < -0.3 is 15.9 Å². The quantitative estimate of drug-likeness (QED) is 0.509. The summed E-state index contributed by atoms with van der Waals surface area (Å²) in [5.74, 6) is -2.10. The summed E-state index contributed by atoms with van der Waals surface area (Å²) in [5.41, 5.74) is 5.24. The predicted octanol–water partition coefficient (Wildman–Crippen LogP) is 0.559. The molecule has 0 aliphatic rings. The van der Waals surface area contributed by atoms with Crippen molar-refractivity contribution in [3.8, 4) is 0 Å². The van der Waals surface area contributed by atoms with E-state index in [-0.39, 0.29) is 31.5 Å². The summed E-state index contributed by atoms with van der Waals surface area (Å²) in [6, 6.07) is -1.00. The van der Waals surface area contributed by atoms with Crippen LogP contribution in [0.2, 0.25) is 0 Å². The summed E-state index contributed by atoms with van der Waals surface area (Å²) in [5, 5.41) is 16.8. The average Bonchev–Trinajstić information content (AvgIpc) is 2.24. The second-order valence-electron chi connectivity index (χ2n) is 3.63. The molecule has 6 nitrogen and oxygen atoms in total. The zero-order chi connectivity index (χ0) is 13.3. The molecule has 0 bridgehead atoms. The minimum atomic E-state index is -1.12. The van der Waals surface area contributed by atoms with Crippen LogP contribution in [0.5, 0.6) is 0 Å². The highest BCUT2D eigenvalue weighted by Crippen LogP contribution is 2.01. The van der Waals surface area contributed by atoms with E-state index >= 15 is 0 Å². The summed E-state index contributed by atoms with van der Waals surface area (Å²) in [4.78, 5) is 31.8. The number of carboxylic acid groups (broad SMARTS) is 2. The Morgan fingerprint density at radius 2 is 1.76 bits per heavy atom. The lowest BCUT2D eigenvalue weighted by Crippen LogP contribution is -2.30. The molecule has 0 saturated carbocycles. The molecule has 0 saturated heterocycles. The number of hydrogen-bond donors (Lipinski definition) is 3. The van der Waals surface area contributed by atoms with E-state index in [0.29, 0.717) is 6.42 Å². The smallest absolute Gasteiger partial charge is 0.320 e. The highest BCUT2D eigenvalue weighted by molar-refractivity contribution is 5.81. The van der Waals surface area contributed by atoms with E-state index in [0.717, 1.165) is 0 Å².